The molecule has 3 heterocycles. The fraction of sp³-hybridized carbons (Fsp3) is 0.410. The van der Waals surface area contributed by atoms with Crippen molar-refractivity contribution in [3.63, 3.8) is 0 Å². The summed E-state index contributed by atoms with van der Waals surface area (Å²) in [6, 6.07) is 22.8. The quantitative estimate of drug-likeness (QED) is 0.193. The fourth-order valence-electron chi connectivity index (χ4n) is 8.57. The molecule has 5 nitrogen and oxygen atoms in total. The van der Waals surface area contributed by atoms with Crippen molar-refractivity contribution in [1.82, 2.24) is 14.8 Å². The number of benzene rings is 3. The number of likely N-dealkylation sites (tertiary alicyclic amines) is 2. The van der Waals surface area contributed by atoms with Crippen molar-refractivity contribution >= 4 is 23.0 Å². The molecule has 1 aromatic heterocycles. The van der Waals surface area contributed by atoms with E-state index in [0.29, 0.717) is 41.4 Å². The van der Waals surface area contributed by atoms with Crippen molar-refractivity contribution in [2.24, 2.45) is 11.8 Å². The highest BCUT2D eigenvalue weighted by Gasteiger charge is 2.51. The third kappa shape index (κ3) is 6.23. The van der Waals surface area contributed by atoms with Crippen molar-refractivity contribution in [2.75, 3.05) is 33.2 Å². The van der Waals surface area contributed by atoms with E-state index in [4.69, 9.17) is 4.98 Å². The minimum absolute atomic E-state index is 0.0177. The molecule has 3 atom stereocenters. The minimum atomic E-state index is -4.42. The van der Waals surface area contributed by atoms with Gasteiger partial charge >= 0.3 is 6.18 Å². The van der Waals surface area contributed by atoms with Gasteiger partial charge < -0.3 is 9.80 Å². The maximum Gasteiger partial charge on any atom is 0.416 e. The van der Waals surface area contributed by atoms with Gasteiger partial charge in [-0.1, -0.05) is 67.1 Å². The van der Waals surface area contributed by atoms with Gasteiger partial charge in [0.2, 0.25) is 0 Å². The molecule has 0 radical (unpaired) electrons. The largest absolute Gasteiger partial charge is 0.416 e. The van der Waals surface area contributed by atoms with Gasteiger partial charge in [0, 0.05) is 47.8 Å². The van der Waals surface area contributed by atoms with Crippen LogP contribution in [0.2, 0.25) is 0 Å². The SMILES string of the molecule is CN1CCC2C(C(=O)c3csc(C4CCN(C(=O)c5ccccc5-c5ccc(C(F)(F)F)cc5)CC4)n3)CCCC2(c2ccccc2)C1. The predicted molar refractivity (Wildman–Crippen MR) is 182 cm³/mol. The highest BCUT2D eigenvalue weighted by molar-refractivity contribution is 7.09. The molecule has 0 spiro atoms. The van der Waals surface area contributed by atoms with Crippen LogP contribution in [0.25, 0.3) is 11.1 Å². The molecule has 0 N–H and O–H groups in total. The van der Waals surface area contributed by atoms with Crippen LogP contribution in [0.4, 0.5) is 13.2 Å². The van der Waals surface area contributed by atoms with Gasteiger partial charge in [0.1, 0.15) is 5.69 Å². The molecular weight excluding hydrogens is 632 g/mol. The lowest BCUT2D eigenvalue weighted by atomic mass is 9.55. The van der Waals surface area contributed by atoms with Gasteiger partial charge in [-0.3, -0.25) is 9.59 Å². The van der Waals surface area contributed by atoms with Gasteiger partial charge in [-0.05, 0) is 86.5 Å². The Morgan fingerprint density at radius 3 is 2.31 bits per heavy atom. The number of carbonyl (C=O) groups excluding carboxylic acids is 2. The maximum atomic E-state index is 14.1. The zero-order valence-electron chi connectivity index (χ0n) is 27.1. The van der Waals surface area contributed by atoms with E-state index in [-0.39, 0.29) is 28.9 Å². The van der Waals surface area contributed by atoms with Crippen molar-refractivity contribution in [3.8, 4) is 11.1 Å². The lowest BCUT2D eigenvalue weighted by Gasteiger charge is -2.53. The van der Waals surface area contributed by atoms with Crippen LogP contribution in [0.15, 0.2) is 84.2 Å². The summed E-state index contributed by atoms with van der Waals surface area (Å²) in [7, 11) is 2.19. The molecular formula is C39H40F3N3O2S. The lowest BCUT2D eigenvalue weighted by molar-refractivity contribution is -0.137. The predicted octanol–water partition coefficient (Wildman–Crippen LogP) is 8.72. The van der Waals surface area contributed by atoms with Gasteiger partial charge in [0.05, 0.1) is 10.6 Å². The number of alkyl halides is 3. The first kappa shape index (κ1) is 32.7. The van der Waals surface area contributed by atoms with Gasteiger partial charge in [0.25, 0.3) is 5.91 Å². The highest BCUT2D eigenvalue weighted by atomic mass is 32.1. The number of hydrogen-bond donors (Lipinski definition) is 0. The van der Waals surface area contributed by atoms with E-state index in [9.17, 15) is 22.8 Å². The number of carbonyl (C=O) groups is 2. The average molecular weight is 672 g/mol. The molecule has 3 aliphatic rings. The summed E-state index contributed by atoms with van der Waals surface area (Å²) in [4.78, 5) is 37.0. The normalized spacial score (nSPS) is 23.9. The van der Waals surface area contributed by atoms with Crippen molar-refractivity contribution in [2.45, 2.75) is 56.0 Å². The van der Waals surface area contributed by atoms with Crippen LogP contribution in [0.1, 0.15) is 81.4 Å². The Labute approximate surface area is 283 Å². The molecule has 1 aliphatic carbocycles. The summed E-state index contributed by atoms with van der Waals surface area (Å²) in [5, 5.41) is 2.91. The molecule has 3 fully saturated rings. The number of halogens is 3. The second kappa shape index (κ2) is 13.2. The number of Topliss-reactive ketones (excluding diaryl/α,β-unsaturated/α-hetero) is 1. The first-order chi connectivity index (χ1) is 23.1. The van der Waals surface area contributed by atoms with E-state index in [1.54, 1.807) is 35.6 Å². The summed E-state index contributed by atoms with van der Waals surface area (Å²) < 4.78 is 39.3. The summed E-state index contributed by atoms with van der Waals surface area (Å²) in [5.41, 5.74) is 2.87. The summed E-state index contributed by atoms with van der Waals surface area (Å²) in [5.74, 6) is 0.480. The number of aromatic nitrogens is 1. The average Bonchev–Trinajstić information content (AvgIpc) is 3.61. The molecule has 48 heavy (non-hydrogen) atoms. The second-order valence-corrected chi connectivity index (χ2v) is 14.7. The molecule has 0 bridgehead atoms. The molecule has 9 heteroatoms. The van der Waals surface area contributed by atoms with E-state index < -0.39 is 11.7 Å². The monoisotopic (exact) mass is 671 g/mol. The zero-order valence-corrected chi connectivity index (χ0v) is 27.9. The number of amides is 1. The third-order valence-corrected chi connectivity index (χ3v) is 12.0. The molecule has 2 saturated heterocycles. The molecule has 3 aromatic carbocycles. The number of rotatable bonds is 6. The molecule has 1 amide bonds. The number of fused-ring (bicyclic) bond motifs is 1. The van der Waals surface area contributed by atoms with Gasteiger partial charge in [0.15, 0.2) is 5.78 Å². The molecule has 2 aliphatic heterocycles. The number of piperidine rings is 2. The van der Waals surface area contributed by atoms with Crippen LogP contribution in [0.5, 0.6) is 0 Å². The van der Waals surface area contributed by atoms with E-state index in [1.807, 2.05) is 10.3 Å². The van der Waals surface area contributed by atoms with Crippen LogP contribution in [0, 0.1) is 11.8 Å². The Morgan fingerprint density at radius 1 is 0.875 bits per heavy atom. The van der Waals surface area contributed by atoms with Gasteiger partial charge in [-0.15, -0.1) is 11.3 Å². The highest BCUT2D eigenvalue weighted by Crippen LogP contribution is 2.51. The minimum Gasteiger partial charge on any atom is -0.339 e. The van der Waals surface area contributed by atoms with Gasteiger partial charge in [-0.2, -0.15) is 13.2 Å². The molecule has 1 saturated carbocycles. The number of hydrogen-bond acceptors (Lipinski definition) is 5. The fourth-order valence-corrected chi connectivity index (χ4v) is 9.56. The van der Waals surface area contributed by atoms with E-state index in [1.165, 1.54) is 17.7 Å². The molecule has 4 aromatic rings. The van der Waals surface area contributed by atoms with Gasteiger partial charge in [-0.25, -0.2) is 4.98 Å². The first-order valence-corrected chi connectivity index (χ1v) is 17.8. The first-order valence-electron chi connectivity index (χ1n) is 16.9. The molecule has 7 rings (SSSR count). The van der Waals surface area contributed by atoms with Crippen molar-refractivity contribution < 1.29 is 22.8 Å². The number of nitrogens with zero attached hydrogens (tertiary/aromatic N) is 3. The van der Waals surface area contributed by atoms with Crippen molar-refractivity contribution in [3.05, 3.63) is 112 Å². The molecule has 250 valence electrons. The number of thiazole rings is 1. The Bertz CT molecular complexity index is 1760. The van der Waals surface area contributed by atoms with Crippen LogP contribution >= 0.6 is 11.3 Å². The number of ketones is 1. The topological polar surface area (TPSA) is 53.5 Å². The smallest absolute Gasteiger partial charge is 0.339 e. The van der Waals surface area contributed by atoms with Crippen LogP contribution in [-0.2, 0) is 11.6 Å². The maximum absolute atomic E-state index is 14.1. The van der Waals surface area contributed by atoms with Crippen molar-refractivity contribution in [1.29, 1.82) is 0 Å². The van der Waals surface area contributed by atoms with Crippen LogP contribution in [0.3, 0.4) is 0 Å². The summed E-state index contributed by atoms with van der Waals surface area (Å²) >= 11 is 1.56. The lowest BCUT2D eigenvalue weighted by Crippen LogP contribution is -2.55. The molecule has 3 unspecified atom stereocenters. The Kier molecular flexibility index (Phi) is 9.02. The van der Waals surface area contributed by atoms with E-state index >= 15 is 0 Å². The second-order valence-electron chi connectivity index (χ2n) is 13.8. The standard InChI is InChI=1S/C39H40F3N3O2S/c1-44-21-19-33-32(12-7-20-38(33,25-44)28-8-3-2-4-9-28)35(46)34-24-48-36(43-34)27-17-22-45(23-18-27)37(47)31-11-6-5-10-30(31)26-13-15-29(16-14-26)39(40,41)42/h2-6,8-11,13-16,24,27,32-33H,7,12,17-23,25H2,1H3. The number of likely N-dealkylation sites (N-methyl/N-ethyl adjacent to an activating group) is 1. The third-order valence-electron chi connectivity index (χ3n) is 11.0. The van der Waals surface area contributed by atoms with Crippen LogP contribution in [-0.4, -0.2) is 59.7 Å². The zero-order chi connectivity index (χ0) is 33.5. The summed E-state index contributed by atoms with van der Waals surface area (Å²) in [6.07, 6.45) is 1.11. The van der Waals surface area contributed by atoms with E-state index in [0.717, 1.165) is 68.8 Å². The summed E-state index contributed by atoms with van der Waals surface area (Å²) in [6.45, 7) is 3.06. The van der Waals surface area contributed by atoms with E-state index in [2.05, 4.69) is 42.3 Å². The Balaban J connectivity index is 1.03. The van der Waals surface area contributed by atoms with Crippen LogP contribution < -0.4 is 0 Å². The Hall–Kier alpha value is -3.82. The Morgan fingerprint density at radius 2 is 1.58 bits per heavy atom.